The lowest BCUT2D eigenvalue weighted by atomic mass is 9.99. The van der Waals surface area contributed by atoms with Crippen LogP contribution in [0.3, 0.4) is 0 Å². The fourth-order valence-corrected chi connectivity index (χ4v) is 2.84. The predicted molar refractivity (Wildman–Crippen MR) is 104 cm³/mol. The molecule has 5 N–H and O–H groups in total. The highest BCUT2D eigenvalue weighted by Crippen LogP contribution is 2.23. The van der Waals surface area contributed by atoms with Gasteiger partial charge in [-0.1, -0.05) is 30.3 Å². The molecule has 1 saturated heterocycles. The zero-order valence-electron chi connectivity index (χ0n) is 17.3. The SMILES string of the molecule is CC(C)(C)OC(=O)N[C@@H](Cc1ccccc1)C(=O)O[C@@H]1O[C@H](C(=O)O)[C@@H](O)[C@H](O)[C@H]1O. The van der Waals surface area contributed by atoms with Gasteiger partial charge in [0.1, 0.15) is 30.0 Å². The molecule has 0 aliphatic carbocycles. The van der Waals surface area contributed by atoms with Crippen molar-refractivity contribution in [2.24, 2.45) is 0 Å². The molecule has 2 rings (SSSR count). The van der Waals surface area contributed by atoms with Crippen LogP contribution in [0.2, 0.25) is 0 Å². The van der Waals surface area contributed by atoms with Crippen molar-refractivity contribution in [2.45, 2.75) is 69.5 Å². The highest BCUT2D eigenvalue weighted by molar-refractivity contribution is 5.82. The van der Waals surface area contributed by atoms with Crippen LogP contribution in [0.25, 0.3) is 0 Å². The van der Waals surface area contributed by atoms with Crippen molar-refractivity contribution in [3.8, 4) is 0 Å². The highest BCUT2D eigenvalue weighted by Gasteiger charge is 2.49. The van der Waals surface area contributed by atoms with Crippen LogP contribution in [-0.4, -0.2) is 80.8 Å². The Labute approximate surface area is 178 Å². The van der Waals surface area contributed by atoms with Gasteiger partial charge in [0, 0.05) is 6.42 Å². The van der Waals surface area contributed by atoms with E-state index in [9.17, 15) is 29.7 Å². The van der Waals surface area contributed by atoms with Gasteiger partial charge in [0.25, 0.3) is 0 Å². The van der Waals surface area contributed by atoms with Crippen LogP contribution in [0.4, 0.5) is 4.79 Å². The Bertz CT molecular complexity index is 778. The predicted octanol–water partition coefficient (Wildman–Crippen LogP) is -0.442. The van der Waals surface area contributed by atoms with Crippen molar-refractivity contribution in [1.29, 1.82) is 0 Å². The number of hydrogen-bond donors (Lipinski definition) is 5. The first kappa shape index (κ1) is 24.5. The quantitative estimate of drug-likeness (QED) is 0.364. The molecule has 1 aliphatic rings. The van der Waals surface area contributed by atoms with Crippen molar-refractivity contribution in [3.05, 3.63) is 35.9 Å². The average molecular weight is 441 g/mol. The van der Waals surface area contributed by atoms with E-state index in [1.165, 1.54) is 0 Å². The van der Waals surface area contributed by atoms with E-state index in [1.54, 1.807) is 51.1 Å². The van der Waals surface area contributed by atoms with Gasteiger partial charge >= 0.3 is 18.0 Å². The fraction of sp³-hybridized carbons (Fsp3) is 0.550. The number of benzene rings is 1. The molecule has 0 unspecified atom stereocenters. The number of aliphatic carboxylic acids is 1. The molecule has 1 aromatic carbocycles. The van der Waals surface area contributed by atoms with Crippen molar-refractivity contribution in [2.75, 3.05) is 0 Å². The summed E-state index contributed by atoms with van der Waals surface area (Å²) >= 11 is 0. The Morgan fingerprint density at radius 2 is 1.68 bits per heavy atom. The Morgan fingerprint density at radius 1 is 1.06 bits per heavy atom. The van der Waals surface area contributed by atoms with Crippen LogP contribution in [0, 0.1) is 0 Å². The van der Waals surface area contributed by atoms with E-state index in [2.05, 4.69) is 5.32 Å². The van der Waals surface area contributed by atoms with Crippen LogP contribution in [0.15, 0.2) is 30.3 Å². The maximum Gasteiger partial charge on any atom is 0.408 e. The van der Waals surface area contributed by atoms with Gasteiger partial charge in [0.2, 0.25) is 6.29 Å². The number of carboxylic acid groups (broad SMARTS) is 1. The monoisotopic (exact) mass is 441 g/mol. The smallest absolute Gasteiger partial charge is 0.408 e. The molecule has 1 aliphatic heterocycles. The van der Waals surface area contributed by atoms with E-state index < -0.39 is 60.4 Å². The summed E-state index contributed by atoms with van der Waals surface area (Å²) in [4.78, 5) is 36.1. The number of aliphatic hydroxyl groups is 3. The minimum Gasteiger partial charge on any atom is -0.479 e. The first-order valence-electron chi connectivity index (χ1n) is 9.55. The minimum atomic E-state index is -1.93. The Hall–Kier alpha value is -2.73. The second kappa shape index (κ2) is 10.1. The van der Waals surface area contributed by atoms with Crippen LogP contribution in [-0.2, 0) is 30.2 Å². The number of carboxylic acids is 1. The second-order valence-electron chi connectivity index (χ2n) is 8.06. The molecule has 11 heteroatoms. The number of ether oxygens (including phenoxy) is 3. The van der Waals surface area contributed by atoms with E-state index in [4.69, 9.17) is 19.3 Å². The van der Waals surface area contributed by atoms with Gasteiger partial charge in [-0.05, 0) is 26.3 Å². The molecule has 172 valence electrons. The maximum atomic E-state index is 12.8. The van der Waals surface area contributed by atoms with Crippen LogP contribution >= 0.6 is 0 Å². The Morgan fingerprint density at radius 3 is 2.23 bits per heavy atom. The maximum absolute atomic E-state index is 12.8. The van der Waals surface area contributed by atoms with Crippen molar-refractivity contribution < 1.29 is 49.0 Å². The summed E-state index contributed by atoms with van der Waals surface area (Å²) in [6.45, 7) is 4.92. The van der Waals surface area contributed by atoms with E-state index in [0.29, 0.717) is 5.56 Å². The first-order chi connectivity index (χ1) is 14.4. The average Bonchev–Trinajstić information content (AvgIpc) is 2.66. The third-order valence-corrected chi connectivity index (χ3v) is 4.30. The number of esters is 1. The van der Waals surface area contributed by atoms with Gasteiger partial charge in [-0.2, -0.15) is 0 Å². The Kier molecular flexibility index (Phi) is 7.96. The fourth-order valence-electron chi connectivity index (χ4n) is 2.84. The standard InChI is InChI=1S/C20H27NO10/c1-20(2,3)31-19(28)21-11(9-10-7-5-4-6-8-10)17(27)30-18-14(24)12(22)13(23)15(29-18)16(25)26/h4-8,11-15,18,22-24H,9H2,1-3H3,(H,21,28)(H,25,26)/t11-,12-,13-,14+,15-,18-/m0/s1. The number of hydrogen-bond acceptors (Lipinski definition) is 9. The van der Waals surface area contributed by atoms with Crippen molar-refractivity contribution in [3.63, 3.8) is 0 Å². The molecular weight excluding hydrogens is 414 g/mol. The molecule has 1 amide bonds. The number of carbonyl (C=O) groups excluding carboxylic acids is 2. The normalized spacial score (nSPS) is 27.1. The second-order valence-corrected chi connectivity index (χ2v) is 8.06. The van der Waals surface area contributed by atoms with Gasteiger partial charge in [0.05, 0.1) is 0 Å². The number of rotatable bonds is 6. The molecule has 1 fully saturated rings. The number of aliphatic hydroxyl groups excluding tert-OH is 3. The summed E-state index contributed by atoms with van der Waals surface area (Å²) in [6, 6.07) is 7.37. The number of carbonyl (C=O) groups is 3. The minimum absolute atomic E-state index is 0.00469. The van der Waals surface area contributed by atoms with Crippen molar-refractivity contribution in [1.82, 2.24) is 5.32 Å². The zero-order chi connectivity index (χ0) is 23.3. The molecule has 1 heterocycles. The lowest BCUT2D eigenvalue weighted by Crippen LogP contribution is -2.61. The molecule has 6 atom stereocenters. The molecule has 0 spiro atoms. The summed E-state index contributed by atoms with van der Waals surface area (Å²) in [7, 11) is 0. The van der Waals surface area contributed by atoms with E-state index in [-0.39, 0.29) is 6.42 Å². The van der Waals surface area contributed by atoms with Crippen LogP contribution in [0.5, 0.6) is 0 Å². The van der Waals surface area contributed by atoms with Crippen molar-refractivity contribution >= 4 is 18.0 Å². The van der Waals surface area contributed by atoms with E-state index >= 15 is 0 Å². The Balaban J connectivity index is 2.17. The lowest BCUT2D eigenvalue weighted by molar-refractivity contribution is -0.286. The van der Waals surface area contributed by atoms with E-state index in [0.717, 1.165) is 0 Å². The molecule has 0 radical (unpaired) electrons. The van der Waals surface area contributed by atoms with Gasteiger partial charge in [0.15, 0.2) is 6.10 Å². The van der Waals surface area contributed by atoms with Gasteiger partial charge in [-0.3, -0.25) is 0 Å². The summed E-state index contributed by atoms with van der Waals surface area (Å²) in [5.41, 5.74) is -0.160. The van der Waals surface area contributed by atoms with Gasteiger partial charge in [-0.15, -0.1) is 0 Å². The van der Waals surface area contributed by atoms with Gasteiger partial charge in [-0.25, -0.2) is 14.4 Å². The zero-order valence-corrected chi connectivity index (χ0v) is 17.3. The largest absolute Gasteiger partial charge is 0.479 e. The summed E-state index contributed by atoms with van der Waals surface area (Å²) in [6.07, 6.45) is -10.5. The number of alkyl carbamates (subject to hydrolysis) is 1. The lowest BCUT2D eigenvalue weighted by Gasteiger charge is -2.38. The highest BCUT2D eigenvalue weighted by atomic mass is 16.7. The summed E-state index contributed by atoms with van der Waals surface area (Å²) < 4.78 is 15.2. The van der Waals surface area contributed by atoms with Crippen LogP contribution < -0.4 is 5.32 Å². The molecule has 0 saturated carbocycles. The molecule has 0 bridgehead atoms. The van der Waals surface area contributed by atoms with Gasteiger partial charge < -0.3 is 40.0 Å². The number of nitrogens with one attached hydrogen (secondary N) is 1. The van der Waals surface area contributed by atoms with E-state index in [1.807, 2.05) is 0 Å². The summed E-state index contributed by atoms with van der Waals surface area (Å²) in [5, 5.41) is 41.1. The topological polar surface area (TPSA) is 172 Å². The number of amides is 1. The molecule has 11 nitrogen and oxygen atoms in total. The first-order valence-corrected chi connectivity index (χ1v) is 9.55. The van der Waals surface area contributed by atoms with Crippen LogP contribution in [0.1, 0.15) is 26.3 Å². The molecular formula is C20H27NO10. The molecule has 1 aromatic rings. The third-order valence-electron chi connectivity index (χ3n) is 4.30. The third kappa shape index (κ3) is 6.89. The molecule has 0 aromatic heterocycles. The summed E-state index contributed by atoms with van der Waals surface area (Å²) in [5.74, 6) is -2.68. The molecule has 31 heavy (non-hydrogen) atoms.